The van der Waals surface area contributed by atoms with Crippen molar-refractivity contribution in [1.29, 1.82) is 0 Å². The van der Waals surface area contributed by atoms with Crippen molar-refractivity contribution in [3.8, 4) is 0 Å². The third-order valence-corrected chi connectivity index (χ3v) is 4.34. The lowest BCUT2D eigenvalue weighted by atomic mass is 9.69. The molecule has 0 aromatic carbocycles. The standard InChI is InChI=1S/C12H23N/c1-9(2)11-10(3)13-8-12(11)6-4-5-7-12/h9-11,13H,4-8H2,1-3H3. The molecular weight excluding hydrogens is 158 g/mol. The minimum absolute atomic E-state index is 0.688. The van der Waals surface area contributed by atoms with Crippen molar-refractivity contribution >= 4 is 0 Å². The van der Waals surface area contributed by atoms with E-state index in [2.05, 4.69) is 26.1 Å². The average Bonchev–Trinajstić information content (AvgIpc) is 2.61. The van der Waals surface area contributed by atoms with E-state index in [1.807, 2.05) is 0 Å². The molecule has 2 aliphatic rings. The van der Waals surface area contributed by atoms with Crippen LogP contribution >= 0.6 is 0 Å². The Morgan fingerprint density at radius 1 is 1.23 bits per heavy atom. The van der Waals surface area contributed by atoms with Gasteiger partial charge in [-0.2, -0.15) is 0 Å². The predicted octanol–water partition coefficient (Wildman–Crippen LogP) is 2.81. The first-order valence-electron chi connectivity index (χ1n) is 5.89. The Labute approximate surface area is 82.3 Å². The van der Waals surface area contributed by atoms with Gasteiger partial charge in [0.25, 0.3) is 0 Å². The largest absolute Gasteiger partial charge is 0.313 e. The minimum atomic E-state index is 0.688. The van der Waals surface area contributed by atoms with Crippen molar-refractivity contribution in [2.24, 2.45) is 17.3 Å². The molecule has 1 N–H and O–H groups in total. The molecule has 0 bridgehead atoms. The molecule has 1 saturated carbocycles. The van der Waals surface area contributed by atoms with Crippen LogP contribution in [-0.2, 0) is 0 Å². The molecule has 1 saturated heterocycles. The van der Waals surface area contributed by atoms with Crippen molar-refractivity contribution in [3.63, 3.8) is 0 Å². The SMILES string of the molecule is CC(C)C1C(C)NCC12CCCC2. The molecule has 0 amide bonds. The van der Waals surface area contributed by atoms with Crippen molar-refractivity contribution in [3.05, 3.63) is 0 Å². The maximum absolute atomic E-state index is 3.68. The van der Waals surface area contributed by atoms with Crippen molar-refractivity contribution in [1.82, 2.24) is 5.32 Å². The van der Waals surface area contributed by atoms with Gasteiger partial charge < -0.3 is 5.32 Å². The van der Waals surface area contributed by atoms with Gasteiger partial charge in [-0.1, -0.05) is 26.7 Å². The summed E-state index contributed by atoms with van der Waals surface area (Å²) in [5.74, 6) is 1.78. The van der Waals surface area contributed by atoms with E-state index in [9.17, 15) is 0 Å². The van der Waals surface area contributed by atoms with Gasteiger partial charge in [0.2, 0.25) is 0 Å². The molecule has 1 heteroatoms. The molecule has 2 rings (SSSR count). The zero-order chi connectivity index (χ0) is 9.47. The molecule has 1 nitrogen and oxygen atoms in total. The van der Waals surface area contributed by atoms with Crippen LogP contribution in [0.4, 0.5) is 0 Å². The molecule has 2 fully saturated rings. The van der Waals surface area contributed by atoms with E-state index < -0.39 is 0 Å². The van der Waals surface area contributed by atoms with Gasteiger partial charge in [-0.25, -0.2) is 0 Å². The maximum Gasteiger partial charge on any atom is 0.00754 e. The smallest absolute Gasteiger partial charge is 0.00754 e. The molecule has 0 radical (unpaired) electrons. The van der Waals surface area contributed by atoms with E-state index >= 15 is 0 Å². The van der Waals surface area contributed by atoms with Gasteiger partial charge >= 0.3 is 0 Å². The zero-order valence-electron chi connectivity index (χ0n) is 9.27. The highest BCUT2D eigenvalue weighted by Gasteiger charge is 2.48. The molecule has 1 aliphatic carbocycles. The Kier molecular flexibility index (Phi) is 2.39. The molecular formula is C12H23N. The number of rotatable bonds is 1. The summed E-state index contributed by atoms with van der Waals surface area (Å²) < 4.78 is 0. The van der Waals surface area contributed by atoms with Crippen LogP contribution in [0.5, 0.6) is 0 Å². The van der Waals surface area contributed by atoms with Gasteiger partial charge in [0, 0.05) is 12.6 Å². The third-order valence-electron chi connectivity index (χ3n) is 4.34. The number of hydrogen-bond acceptors (Lipinski definition) is 1. The highest BCUT2D eigenvalue weighted by molar-refractivity contribution is 5.02. The van der Waals surface area contributed by atoms with Crippen LogP contribution in [0.3, 0.4) is 0 Å². The van der Waals surface area contributed by atoms with E-state index in [-0.39, 0.29) is 0 Å². The van der Waals surface area contributed by atoms with Crippen LogP contribution in [0.25, 0.3) is 0 Å². The highest BCUT2D eigenvalue weighted by atomic mass is 15.0. The molecule has 1 heterocycles. The number of hydrogen-bond donors (Lipinski definition) is 1. The monoisotopic (exact) mass is 181 g/mol. The van der Waals surface area contributed by atoms with E-state index in [1.165, 1.54) is 32.2 Å². The van der Waals surface area contributed by atoms with E-state index in [0.29, 0.717) is 5.41 Å². The maximum atomic E-state index is 3.68. The lowest BCUT2D eigenvalue weighted by Gasteiger charge is -2.34. The Balaban J connectivity index is 2.18. The van der Waals surface area contributed by atoms with Crippen molar-refractivity contribution in [2.45, 2.75) is 52.5 Å². The minimum Gasteiger partial charge on any atom is -0.313 e. The van der Waals surface area contributed by atoms with Crippen LogP contribution in [0, 0.1) is 17.3 Å². The molecule has 0 aromatic heterocycles. The molecule has 0 aromatic rings. The summed E-state index contributed by atoms with van der Waals surface area (Å²) in [6.45, 7) is 8.46. The molecule has 2 atom stereocenters. The predicted molar refractivity (Wildman–Crippen MR) is 56.7 cm³/mol. The summed E-state index contributed by atoms with van der Waals surface area (Å²) in [6, 6.07) is 0.748. The summed E-state index contributed by atoms with van der Waals surface area (Å²) in [5.41, 5.74) is 0.688. The summed E-state index contributed by atoms with van der Waals surface area (Å²) >= 11 is 0. The highest BCUT2D eigenvalue weighted by Crippen LogP contribution is 2.50. The normalized spacial score (nSPS) is 37.8. The lowest BCUT2D eigenvalue weighted by molar-refractivity contribution is 0.161. The zero-order valence-corrected chi connectivity index (χ0v) is 9.27. The van der Waals surface area contributed by atoms with Crippen molar-refractivity contribution in [2.75, 3.05) is 6.54 Å². The second kappa shape index (κ2) is 3.27. The molecule has 76 valence electrons. The molecule has 13 heavy (non-hydrogen) atoms. The topological polar surface area (TPSA) is 12.0 Å². The van der Waals surface area contributed by atoms with Crippen LogP contribution in [0.15, 0.2) is 0 Å². The first-order chi connectivity index (χ1) is 6.16. The second-order valence-corrected chi connectivity index (χ2v) is 5.51. The Morgan fingerprint density at radius 2 is 1.85 bits per heavy atom. The summed E-state index contributed by atoms with van der Waals surface area (Å²) in [7, 11) is 0. The molecule has 2 unspecified atom stereocenters. The number of nitrogens with one attached hydrogen (secondary N) is 1. The van der Waals surface area contributed by atoms with E-state index in [1.54, 1.807) is 0 Å². The van der Waals surface area contributed by atoms with E-state index in [0.717, 1.165) is 17.9 Å². The average molecular weight is 181 g/mol. The van der Waals surface area contributed by atoms with Crippen LogP contribution in [-0.4, -0.2) is 12.6 Å². The van der Waals surface area contributed by atoms with Gasteiger partial charge in [-0.3, -0.25) is 0 Å². The second-order valence-electron chi connectivity index (χ2n) is 5.51. The summed E-state index contributed by atoms with van der Waals surface area (Å²) in [6.07, 6.45) is 5.90. The summed E-state index contributed by atoms with van der Waals surface area (Å²) in [4.78, 5) is 0. The first kappa shape index (κ1) is 9.51. The van der Waals surface area contributed by atoms with Crippen LogP contribution in [0.2, 0.25) is 0 Å². The fourth-order valence-electron chi connectivity index (χ4n) is 4.01. The van der Waals surface area contributed by atoms with Gasteiger partial charge in [0.15, 0.2) is 0 Å². The fourth-order valence-corrected chi connectivity index (χ4v) is 4.01. The Hall–Kier alpha value is -0.0400. The lowest BCUT2D eigenvalue weighted by Crippen LogP contribution is -2.33. The quantitative estimate of drug-likeness (QED) is 0.656. The third kappa shape index (κ3) is 1.41. The first-order valence-corrected chi connectivity index (χ1v) is 5.89. The van der Waals surface area contributed by atoms with Gasteiger partial charge in [-0.05, 0) is 37.0 Å². The van der Waals surface area contributed by atoms with Gasteiger partial charge in [-0.15, -0.1) is 0 Å². The Bertz CT molecular complexity index is 180. The van der Waals surface area contributed by atoms with Gasteiger partial charge in [0.1, 0.15) is 0 Å². The summed E-state index contributed by atoms with van der Waals surface area (Å²) in [5, 5.41) is 3.68. The molecule has 1 aliphatic heterocycles. The van der Waals surface area contributed by atoms with Crippen LogP contribution in [0.1, 0.15) is 46.5 Å². The van der Waals surface area contributed by atoms with Crippen molar-refractivity contribution < 1.29 is 0 Å². The van der Waals surface area contributed by atoms with Gasteiger partial charge in [0.05, 0.1) is 0 Å². The fraction of sp³-hybridized carbons (Fsp3) is 1.00. The van der Waals surface area contributed by atoms with Crippen LogP contribution < -0.4 is 5.32 Å². The molecule has 1 spiro atoms. The van der Waals surface area contributed by atoms with E-state index in [4.69, 9.17) is 0 Å². The Morgan fingerprint density at radius 3 is 2.38 bits per heavy atom.